The zero-order valence-corrected chi connectivity index (χ0v) is 19.8. The fourth-order valence-electron chi connectivity index (χ4n) is 4.21. The van der Waals surface area contributed by atoms with Crippen molar-refractivity contribution in [2.75, 3.05) is 38.2 Å². The van der Waals surface area contributed by atoms with Gasteiger partial charge in [0, 0.05) is 42.4 Å². The Morgan fingerprint density at radius 2 is 1.75 bits per heavy atom. The Bertz CT molecular complexity index is 1350. The van der Waals surface area contributed by atoms with Gasteiger partial charge in [-0.25, -0.2) is 4.79 Å². The van der Waals surface area contributed by atoms with Crippen LogP contribution in [0.25, 0.3) is 10.9 Å². The molecule has 5 rings (SSSR count). The predicted octanol–water partition coefficient (Wildman–Crippen LogP) is 4.72. The second kappa shape index (κ2) is 11.0. The first-order chi connectivity index (χ1) is 17.7. The number of benzene rings is 3. The molecule has 3 aromatic carbocycles. The maximum Gasteiger partial charge on any atom is 0.415 e. The molecule has 2 amide bonds. The standard InChI is InChI=1S/C28H28N4O4/c33-27(23-8-4-5-9-26(23)31-21-6-2-1-3-7-21)29-13-12-20-19-30-25-11-10-22(18-24(20)25)36-28(34)32-14-16-35-17-15-32/h1-11,18-19,30-31H,12-17H2,(H,29,33). The summed E-state index contributed by atoms with van der Waals surface area (Å²) < 4.78 is 10.9. The molecule has 2 heterocycles. The molecule has 0 saturated carbocycles. The van der Waals surface area contributed by atoms with Crippen LogP contribution in [0, 0.1) is 0 Å². The smallest absolute Gasteiger partial charge is 0.410 e. The molecule has 0 radical (unpaired) electrons. The fourth-order valence-corrected chi connectivity index (χ4v) is 4.21. The number of rotatable bonds is 7. The Balaban J connectivity index is 1.22. The normalized spacial score (nSPS) is 13.4. The Kier molecular flexibility index (Phi) is 7.14. The largest absolute Gasteiger partial charge is 0.415 e. The molecule has 184 valence electrons. The minimum atomic E-state index is -0.371. The summed E-state index contributed by atoms with van der Waals surface area (Å²) in [5.41, 5.74) is 4.23. The van der Waals surface area contributed by atoms with Crippen LogP contribution in [0.1, 0.15) is 15.9 Å². The van der Waals surface area contributed by atoms with E-state index in [2.05, 4.69) is 15.6 Å². The third kappa shape index (κ3) is 5.50. The maximum absolute atomic E-state index is 12.9. The zero-order chi connectivity index (χ0) is 24.7. The van der Waals surface area contributed by atoms with Gasteiger partial charge in [0.25, 0.3) is 5.91 Å². The second-order valence-corrected chi connectivity index (χ2v) is 8.53. The summed E-state index contributed by atoms with van der Waals surface area (Å²) in [6.45, 7) is 2.56. The summed E-state index contributed by atoms with van der Waals surface area (Å²) in [6.07, 6.45) is 2.18. The zero-order valence-electron chi connectivity index (χ0n) is 19.8. The molecule has 3 N–H and O–H groups in total. The third-order valence-corrected chi connectivity index (χ3v) is 6.12. The van der Waals surface area contributed by atoms with Crippen LogP contribution in [0.2, 0.25) is 0 Å². The van der Waals surface area contributed by atoms with Gasteiger partial charge >= 0.3 is 6.09 Å². The number of carbonyl (C=O) groups is 2. The van der Waals surface area contributed by atoms with Crippen molar-refractivity contribution < 1.29 is 19.1 Å². The van der Waals surface area contributed by atoms with Crippen LogP contribution < -0.4 is 15.4 Å². The number of para-hydroxylation sites is 2. The molecular weight excluding hydrogens is 456 g/mol. The number of nitrogens with one attached hydrogen (secondary N) is 3. The number of hydrogen-bond acceptors (Lipinski definition) is 5. The molecule has 8 nitrogen and oxygen atoms in total. The molecular formula is C28H28N4O4. The minimum Gasteiger partial charge on any atom is -0.410 e. The quantitative estimate of drug-likeness (QED) is 0.353. The van der Waals surface area contributed by atoms with Crippen LogP contribution in [0.15, 0.2) is 79.0 Å². The fraction of sp³-hybridized carbons (Fsp3) is 0.214. The molecule has 0 unspecified atom stereocenters. The van der Waals surface area contributed by atoms with Crippen molar-refractivity contribution >= 4 is 34.3 Å². The van der Waals surface area contributed by atoms with Gasteiger partial charge in [-0.05, 0) is 54.4 Å². The van der Waals surface area contributed by atoms with Crippen molar-refractivity contribution in [2.24, 2.45) is 0 Å². The van der Waals surface area contributed by atoms with Crippen molar-refractivity contribution in [1.82, 2.24) is 15.2 Å². The first kappa shape index (κ1) is 23.4. The predicted molar refractivity (Wildman–Crippen MR) is 139 cm³/mol. The van der Waals surface area contributed by atoms with Gasteiger partial charge in [-0.15, -0.1) is 0 Å². The molecule has 0 atom stereocenters. The average molecular weight is 485 g/mol. The Morgan fingerprint density at radius 3 is 2.58 bits per heavy atom. The molecule has 0 bridgehead atoms. The summed E-state index contributed by atoms with van der Waals surface area (Å²) in [5.74, 6) is 0.346. The van der Waals surface area contributed by atoms with Gasteiger partial charge in [-0.1, -0.05) is 30.3 Å². The lowest BCUT2D eigenvalue weighted by Gasteiger charge is -2.25. The van der Waals surface area contributed by atoms with Crippen LogP contribution in [0.4, 0.5) is 16.2 Å². The molecule has 4 aromatic rings. The van der Waals surface area contributed by atoms with Crippen LogP contribution in [0.5, 0.6) is 5.75 Å². The van der Waals surface area contributed by atoms with E-state index < -0.39 is 0 Å². The molecule has 1 fully saturated rings. The Hall–Kier alpha value is -4.30. The molecule has 0 aliphatic carbocycles. The van der Waals surface area contributed by atoms with Crippen molar-refractivity contribution in [1.29, 1.82) is 0 Å². The third-order valence-electron chi connectivity index (χ3n) is 6.12. The van der Waals surface area contributed by atoms with Gasteiger partial charge in [0.15, 0.2) is 0 Å². The van der Waals surface area contributed by atoms with Gasteiger partial charge in [-0.2, -0.15) is 0 Å². The van der Waals surface area contributed by atoms with E-state index in [4.69, 9.17) is 9.47 Å². The number of anilines is 2. The van der Waals surface area contributed by atoms with Crippen molar-refractivity contribution in [3.63, 3.8) is 0 Å². The van der Waals surface area contributed by atoms with E-state index in [1.165, 1.54) is 0 Å². The van der Waals surface area contributed by atoms with Crippen molar-refractivity contribution in [3.05, 3.63) is 90.1 Å². The molecule has 36 heavy (non-hydrogen) atoms. The molecule has 1 saturated heterocycles. The number of aromatic amines is 1. The summed E-state index contributed by atoms with van der Waals surface area (Å²) >= 11 is 0. The lowest BCUT2D eigenvalue weighted by molar-refractivity contribution is 0.0416. The van der Waals surface area contributed by atoms with E-state index in [9.17, 15) is 9.59 Å². The van der Waals surface area contributed by atoms with Crippen LogP contribution in [0.3, 0.4) is 0 Å². The Labute approximate surface area is 209 Å². The maximum atomic E-state index is 12.9. The minimum absolute atomic E-state index is 0.144. The summed E-state index contributed by atoms with van der Waals surface area (Å²) in [7, 11) is 0. The van der Waals surface area contributed by atoms with E-state index in [1.807, 2.05) is 66.9 Å². The van der Waals surface area contributed by atoms with E-state index in [0.29, 0.717) is 50.6 Å². The number of nitrogens with zero attached hydrogens (tertiary/aromatic N) is 1. The number of ether oxygens (including phenoxy) is 2. The Morgan fingerprint density at radius 1 is 0.972 bits per heavy atom. The first-order valence-electron chi connectivity index (χ1n) is 12.0. The van der Waals surface area contributed by atoms with E-state index in [0.717, 1.165) is 27.8 Å². The van der Waals surface area contributed by atoms with Gasteiger partial charge in [0.2, 0.25) is 0 Å². The van der Waals surface area contributed by atoms with Crippen LogP contribution in [-0.4, -0.2) is 54.7 Å². The van der Waals surface area contributed by atoms with Gasteiger partial charge in [0.1, 0.15) is 5.75 Å². The topological polar surface area (TPSA) is 95.7 Å². The molecule has 1 aromatic heterocycles. The lowest BCUT2D eigenvalue weighted by Crippen LogP contribution is -2.42. The molecule has 0 spiro atoms. The van der Waals surface area contributed by atoms with Crippen molar-refractivity contribution in [3.8, 4) is 5.75 Å². The summed E-state index contributed by atoms with van der Waals surface area (Å²) in [4.78, 5) is 30.3. The van der Waals surface area contributed by atoms with E-state index >= 15 is 0 Å². The van der Waals surface area contributed by atoms with Crippen LogP contribution >= 0.6 is 0 Å². The SMILES string of the molecule is O=C(NCCc1c[nH]c2ccc(OC(=O)N3CCOCC3)cc12)c1ccccc1Nc1ccccc1. The number of fused-ring (bicyclic) bond motifs is 1. The summed E-state index contributed by atoms with van der Waals surface area (Å²) in [5, 5.41) is 7.29. The number of aromatic nitrogens is 1. The van der Waals surface area contributed by atoms with Crippen LogP contribution in [-0.2, 0) is 11.2 Å². The monoisotopic (exact) mass is 484 g/mol. The second-order valence-electron chi connectivity index (χ2n) is 8.53. The average Bonchev–Trinajstić information content (AvgIpc) is 3.32. The first-order valence-corrected chi connectivity index (χ1v) is 12.0. The highest BCUT2D eigenvalue weighted by atomic mass is 16.6. The van der Waals surface area contributed by atoms with E-state index in [1.54, 1.807) is 17.0 Å². The number of morpholine rings is 1. The van der Waals surface area contributed by atoms with Gasteiger partial charge < -0.3 is 30.0 Å². The highest BCUT2D eigenvalue weighted by Crippen LogP contribution is 2.25. The van der Waals surface area contributed by atoms with E-state index in [-0.39, 0.29) is 12.0 Å². The highest BCUT2D eigenvalue weighted by Gasteiger charge is 2.19. The lowest BCUT2D eigenvalue weighted by atomic mass is 10.1. The molecule has 8 heteroatoms. The summed E-state index contributed by atoms with van der Waals surface area (Å²) in [6, 6.07) is 22.7. The van der Waals surface area contributed by atoms with Crippen molar-refractivity contribution in [2.45, 2.75) is 6.42 Å². The van der Waals surface area contributed by atoms with Gasteiger partial charge in [-0.3, -0.25) is 4.79 Å². The molecule has 1 aliphatic heterocycles. The number of H-pyrrole nitrogens is 1. The van der Waals surface area contributed by atoms with Gasteiger partial charge in [0.05, 0.1) is 24.5 Å². The molecule has 1 aliphatic rings. The number of hydrogen-bond donors (Lipinski definition) is 3. The highest BCUT2D eigenvalue weighted by molar-refractivity contribution is 6.00. The number of amides is 2. The number of carbonyl (C=O) groups excluding carboxylic acids is 2.